The molecule has 0 radical (unpaired) electrons. The Balaban J connectivity index is 2.61. The van der Waals surface area contributed by atoms with Crippen molar-refractivity contribution in [2.45, 2.75) is 6.30 Å². The molecule has 1 rings (SSSR count). The van der Waals surface area contributed by atoms with E-state index in [9.17, 15) is 4.39 Å². The lowest BCUT2D eigenvalue weighted by atomic mass is 10.1. The first-order valence-corrected chi connectivity index (χ1v) is 2.84. The molecule has 2 N–H and O–H groups in total. The third-order valence-corrected chi connectivity index (χ3v) is 1.19. The summed E-state index contributed by atoms with van der Waals surface area (Å²) in [4.78, 5) is 0.778. The molecule has 5 heteroatoms. The van der Waals surface area contributed by atoms with Crippen molar-refractivity contribution in [2.75, 3.05) is 0 Å². The maximum Gasteiger partial charge on any atom is 0.589 e. The highest BCUT2D eigenvalue weighted by Crippen LogP contribution is 2.08. The number of allylic oxidation sites excluding steroid dienone is 2. The minimum atomic E-state index is -1.77. The van der Waals surface area contributed by atoms with Crippen molar-refractivity contribution in [2.24, 2.45) is 0 Å². The molecule has 0 fully saturated rings. The Hall–Kier alpha value is -0.805. The Morgan fingerprint density at radius 1 is 1.40 bits per heavy atom. The number of halogens is 1. The summed E-state index contributed by atoms with van der Waals surface area (Å²) in [7, 11) is -1.77. The summed E-state index contributed by atoms with van der Waals surface area (Å²) in [6, 6.07) is 0. The quantitative estimate of drug-likeness (QED) is 0.389. The molecule has 1 heterocycles. The van der Waals surface area contributed by atoms with Crippen molar-refractivity contribution in [3.8, 4) is 0 Å². The lowest BCUT2D eigenvalue weighted by molar-refractivity contribution is 0.198. The third-order valence-electron chi connectivity index (χ3n) is 1.19. The summed E-state index contributed by atoms with van der Waals surface area (Å²) in [6.07, 6.45) is 4.08. The lowest BCUT2D eigenvalue weighted by Crippen LogP contribution is -2.40. The number of alkyl halides is 1. The van der Waals surface area contributed by atoms with Gasteiger partial charge >= 0.3 is 7.25 Å². The van der Waals surface area contributed by atoms with E-state index in [-0.39, 0.29) is 0 Å². The molecular formula is C5H7BFNO2. The summed E-state index contributed by atoms with van der Waals surface area (Å²) in [5.74, 6) is 0. The van der Waals surface area contributed by atoms with E-state index in [1.54, 1.807) is 0 Å². The Labute approximate surface area is 58.2 Å². The highest BCUT2D eigenvalue weighted by Gasteiger charge is 2.24. The molecule has 1 atom stereocenters. The van der Waals surface area contributed by atoms with E-state index >= 15 is 0 Å². The third kappa shape index (κ3) is 1.37. The zero-order chi connectivity index (χ0) is 7.56. The van der Waals surface area contributed by atoms with Gasteiger partial charge in [0.2, 0.25) is 0 Å². The molecule has 0 aromatic rings. The monoisotopic (exact) mass is 143 g/mol. The van der Waals surface area contributed by atoms with Crippen molar-refractivity contribution in [1.82, 2.24) is 4.81 Å². The van der Waals surface area contributed by atoms with Crippen molar-refractivity contribution < 1.29 is 14.4 Å². The zero-order valence-corrected chi connectivity index (χ0v) is 5.18. The number of nitrogens with zero attached hydrogens (tertiary/aromatic N) is 1. The van der Waals surface area contributed by atoms with Crippen LogP contribution in [0.25, 0.3) is 0 Å². The van der Waals surface area contributed by atoms with Gasteiger partial charge in [-0.3, -0.25) is 0 Å². The van der Waals surface area contributed by atoms with E-state index < -0.39 is 13.5 Å². The minimum absolute atomic E-state index is 0.778. The van der Waals surface area contributed by atoms with Gasteiger partial charge in [-0.05, 0) is 18.4 Å². The minimum Gasteiger partial charge on any atom is -0.408 e. The smallest absolute Gasteiger partial charge is 0.408 e. The van der Waals surface area contributed by atoms with Crippen LogP contribution in [0.4, 0.5) is 4.39 Å². The highest BCUT2D eigenvalue weighted by atomic mass is 19.1. The molecule has 0 aromatic heterocycles. The van der Waals surface area contributed by atoms with Gasteiger partial charge in [0.15, 0.2) is 6.30 Å². The normalized spacial score (nSPS) is 23.5. The Morgan fingerprint density at radius 3 is 2.50 bits per heavy atom. The number of hydrogen-bond donors (Lipinski definition) is 2. The van der Waals surface area contributed by atoms with E-state index in [1.807, 2.05) is 0 Å². The van der Waals surface area contributed by atoms with E-state index in [0.717, 1.165) is 4.81 Å². The van der Waals surface area contributed by atoms with Crippen molar-refractivity contribution in [3.63, 3.8) is 0 Å². The molecule has 0 bridgehead atoms. The maximum atomic E-state index is 12.6. The molecule has 1 aliphatic heterocycles. The van der Waals surface area contributed by atoms with E-state index in [1.165, 1.54) is 24.4 Å². The second-order valence-corrected chi connectivity index (χ2v) is 1.89. The van der Waals surface area contributed by atoms with Gasteiger partial charge in [0, 0.05) is 0 Å². The first kappa shape index (κ1) is 7.30. The van der Waals surface area contributed by atoms with Crippen LogP contribution in [0.15, 0.2) is 24.4 Å². The van der Waals surface area contributed by atoms with E-state index in [2.05, 4.69) is 0 Å². The van der Waals surface area contributed by atoms with Gasteiger partial charge < -0.3 is 14.9 Å². The topological polar surface area (TPSA) is 43.7 Å². The number of hydrogen-bond acceptors (Lipinski definition) is 3. The van der Waals surface area contributed by atoms with E-state index in [0.29, 0.717) is 0 Å². The SMILES string of the molecule is OB(O)N1C=CC=CC1F. The van der Waals surface area contributed by atoms with Crippen molar-refractivity contribution in [1.29, 1.82) is 0 Å². The first-order chi connectivity index (χ1) is 4.72. The van der Waals surface area contributed by atoms with Gasteiger partial charge in [0.05, 0.1) is 0 Å². The van der Waals surface area contributed by atoms with Crippen molar-refractivity contribution >= 4 is 7.25 Å². The van der Waals surface area contributed by atoms with Crippen molar-refractivity contribution in [3.05, 3.63) is 24.4 Å². The Bertz CT molecular complexity index is 171. The molecule has 0 aliphatic carbocycles. The molecule has 1 unspecified atom stereocenters. The maximum absolute atomic E-state index is 12.6. The zero-order valence-electron chi connectivity index (χ0n) is 5.18. The molecule has 0 saturated carbocycles. The van der Waals surface area contributed by atoms with Crippen LogP contribution < -0.4 is 0 Å². The van der Waals surface area contributed by atoms with Gasteiger partial charge in [-0.2, -0.15) is 0 Å². The fourth-order valence-corrected chi connectivity index (χ4v) is 0.691. The van der Waals surface area contributed by atoms with Crippen LogP contribution in [0.5, 0.6) is 0 Å². The van der Waals surface area contributed by atoms with Crippen LogP contribution in [-0.2, 0) is 0 Å². The molecule has 3 nitrogen and oxygen atoms in total. The van der Waals surface area contributed by atoms with Gasteiger partial charge in [-0.1, -0.05) is 6.08 Å². The second kappa shape index (κ2) is 2.85. The van der Waals surface area contributed by atoms with Crippen LogP contribution in [0, 0.1) is 0 Å². The number of rotatable bonds is 1. The second-order valence-electron chi connectivity index (χ2n) is 1.89. The van der Waals surface area contributed by atoms with Gasteiger partial charge in [0.25, 0.3) is 0 Å². The highest BCUT2D eigenvalue weighted by molar-refractivity contribution is 6.38. The van der Waals surface area contributed by atoms with Gasteiger partial charge in [0.1, 0.15) is 0 Å². The standard InChI is InChI=1S/C5H7BFNO2/c7-5-3-1-2-4-8(5)6(9)10/h1-5,9-10H. The molecule has 0 aromatic carbocycles. The molecule has 0 spiro atoms. The van der Waals surface area contributed by atoms with Crippen LogP contribution in [-0.4, -0.2) is 28.4 Å². The van der Waals surface area contributed by atoms with Crippen LogP contribution in [0.2, 0.25) is 0 Å². The Morgan fingerprint density at radius 2 is 2.10 bits per heavy atom. The summed E-state index contributed by atoms with van der Waals surface area (Å²) in [5.41, 5.74) is 0. The molecule has 54 valence electrons. The predicted molar refractivity (Wildman–Crippen MR) is 35.2 cm³/mol. The van der Waals surface area contributed by atoms with Crippen LogP contribution in [0.1, 0.15) is 0 Å². The first-order valence-electron chi connectivity index (χ1n) is 2.84. The predicted octanol–water partition coefficient (Wildman–Crippen LogP) is -0.363. The van der Waals surface area contributed by atoms with Gasteiger partial charge in [-0.15, -0.1) is 0 Å². The lowest BCUT2D eigenvalue weighted by Gasteiger charge is -2.22. The summed E-state index contributed by atoms with van der Waals surface area (Å²) in [5, 5.41) is 17.0. The largest absolute Gasteiger partial charge is 0.589 e. The Kier molecular flexibility index (Phi) is 2.08. The molecule has 10 heavy (non-hydrogen) atoms. The fraction of sp³-hybridized carbons (Fsp3) is 0.200. The molecule has 0 saturated heterocycles. The summed E-state index contributed by atoms with van der Waals surface area (Å²) in [6.45, 7) is 0. The summed E-state index contributed by atoms with van der Waals surface area (Å²) >= 11 is 0. The molecule has 0 amide bonds. The average molecular weight is 143 g/mol. The van der Waals surface area contributed by atoms with Crippen LogP contribution in [0.3, 0.4) is 0 Å². The summed E-state index contributed by atoms with van der Waals surface area (Å²) < 4.78 is 12.6. The average Bonchev–Trinajstić information content (AvgIpc) is 1.88. The van der Waals surface area contributed by atoms with Crippen LogP contribution >= 0.6 is 0 Å². The van der Waals surface area contributed by atoms with Gasteiger partial charge in [-0.25, -0.2) is 4.39 Å². The molecule has 1 aliphatic rings. The molecular weight excluding hydrogens is 136 g/mol. The van der Waals surface area contributed by atoms with E-state index in [4.69, 9.17) is 10.0 Å². The fourth-order valence-electron chi connectivity index (χ4n) is 0.691.